The summed E-state index contributed by atoms with van der Waals surface area (Å²) in [5, 5.41) is 8.59. The monoisotopic (exact) mass is 141 g/mol. The molecule has 0 aliphatic carbocycles. The van der Waals surface area contributed by atoms with Crippen LogP contribution in [0.3, 0.4) is 0 Å². The van der Waals surface area contributed by atoms with Gasteiger partial charge in [0, 0.05) is 11.8 Å². The first-order valence-corrected chi connectivity index (χ1v) is 2.96. The summed E-state index contributed by atoms with van der Waals surface area (Å²) in [6.45, 7) is 1.52. The van der Waals surface area contributed by atoms with Crippen molar-refractivity contribution in [3.05, 3.63) is 29.3 Å². The van der Waals surface area contributed by atoms with Crippen molar-refractivity contribution in [3.63, 3.8) is 0 Å². The predicted octanol–water partition coefficient (Wildman–Crippen LogP) is 1.02. The van der Waals surface area contributed by atoms with Gasteiger partial charge in [0.15, 0.2) is 0 Å². The molecule has 0 aliphatic heterocycles. The van der Waals surface area contributed by atoms with Crippen LogP contribution in [0, 0.1) is 12.9 Å². The van der Waals surface area contributed by atoms with Gasteiger partial charge in [0.2, 0.25) is 5.95 Å². The summed E-state index contributed by atoms with van der Waals surface area (Å²) in [5.41, 5.74) is 1.10. The van der Waals surface area contributed by atoms with Crippen LogP contribution in [0.15, 0.2) is 12.3 Å². The van der Waals surface area contributed by atoms with Crippen molar-refractivity contribution >= 4 is 0 Å². The zero-order valence-corrected chi connectivity index (χ0v) is 5.63. The molecule has 3 heteroatoms. The van der Waals surface area contributed by atoms with E-state index in [1.807, 2.05) is 0 Å². The molecule has 0 atom stereocenters. The lowest BCUT2D eigenvalue weighted by Crippen LogP contribution is -1.91. The van der Waals surface area contributed by atoms with Gasteiger partial charge in [-0.3, -0.25) is 0 Å². The molecule has 0 unspecified atom stereocenters. The predicted molar refractivity (Wildman–Crippen MR) is 34.9 cm³/mol. The fourth-order valence-corrected chi connectivity index (χ4v) is 0.703. The Hall–Kier alpha value is -0.960. The van der Waals surface area contributed by atoms with Crippen LogP contribution in [0.1, 0.15) is 11.1 Å². The molecule has 2 nitrogen and oxygen atoms in total. The highest BCUT2D eigenvalue weighted by Gasteiger charge is 1.97. The topological polar surface area (TPSA) is 33.1 Å². The fraction of sp³-hybridized carbons (Fsp3) is 0.286. The molecule has 0 bridgehead atoms. The quantitative estimate of drug-likeness (QED) is 0.592. The summed E-state index contributed by atoms with van der Waals surface area (Å²) in [6.07, 6.45) is 1.32. The van der Waals surface area contributed by atoms with Crippen LogP contribution in [0.5, 0.6) is 0 Å². The molecule has 0 fully saturated rings. The normalized spacial score (nSPS) is 9.90. The fourth-order valence-electron chi connectivity index (χ4n) is 0.703. The first-order chi connectivity index (χ1) is 4.74. The average molecular weight is 141 g/mol. The Morgan fingerprint density at radius 1 is 1.70 bits per heavy atom. The zero-order chi connectivity index (χ0) is 7.56. The van der Waals surface area contributed by atoms with Crippen molar-refractivity contribution in [3.8, 4) is 0 Å². The molecular weight excluding hydrogens is 133 g/mol. The van der Waals surface area contributed by atoms with E-state index in [2.05, 4.69) is 4.98 Å². The van der Waals surface area contributed by atoms with Crippen LogP contribution in [0.4, 0.5) is 4.39 Å². The van der Waals surface area contributed by atoms with Gasteiger partial charge < -0.3 is 5.11 Å². The molecule has 0 aromatic carbocycles. The summed E-state index contributed by atoms with van der Waals surface area (Å²) >= 11 is 0. The standard InChI is InChI=1S/C7H8FNO/c1-5-2-6(4-10)3-9-7(5)8/h2-3,10H,4H2,1H3. The maximum atomic E-state index is 12.4. The summed E-state index contributed by atoms with van der Waals surface area (Å²) in [6, 6.07) is 1.57. The van der Waals surface area contributed by atoms with Crippen molar-refractivity contribution in [1.82, 2.24) is 4.98 Å². The lowest BCUT2D eigenvalue weighted by Gasteiger charge is -1.96. The number of halogens is 1. The molecule has 1 heterocycles. The smallest absolute Gasteiger partial charge is 0.215 e. The largest absolute Gasteiger partial charge is 0.392 e. The first-order valence-electron chi connectivity index (χ1n) is 2.96. The number of aliphatic hydroxyl groups excluding tert-OH is 1. The van der Waals surface area contributed by atoms with E-state index >= 15 is 0 Å². The average Bonchev–Trinajstić information content (AvgIpc) is 1.95. The van der Waals surface area contributed by atoms with Crippen LogP contribution in [0.25, 0.3) is 0 Å². The highest BCUT2D eigenvalue weighted by atomic mass is 19.1. The molecule has 1 rings (SSSR count). The third-order valence-corrected chi connectivity index (χ3v) is 1.25. The van der Waals surface area contributed by atoms with Gasteiger partial charge in [0.05, 0.1) is 6.61 Å². The van der Waals surface area contributed by atoms with Crippen LogP contribution >= 0.6 is 0 Å². The molecule has 1 aromatic rings. The molecule has 0 radical (unpaired) electrons. The van der Waals surface area contributed by atoms with Crippen LogP contribution in [0.2, 0.25) is 0 Å². The Balaban J connectivity index is 3.04. The third kappa shape index (κ3) is 1.30. The van der Waals surface area contributed by atoms with E-state index in [0.717, 1.165) is 0 Å². The Morgan fingerprint density at radius 2 is 2.40 bits per heavy atom. The van der Waals surface area contributed by atoms with E-state index < -0.39 is 5.95 Å². The molecule has 1 aromatic heterocycles. The van der Waals surface area contributed by atoms with Crippen LogP contribution in [-0.2, 0) is 6.61 Å². The summed E-state index contributed by atoms with van der Waals surface area (Å²) in [5.74, 6) is -0.475. The lowest BCUT2D eigenvalue weighted by atomic mass is 10.2. The molecule has 54 valence electrons. The number of nitrogens with zero attached hydrogens (tertiary/aromatic N) is 1. The van der Waals surface area contributed by atoms with Crippen molar-refractivity contribution in [2.75, 3.05) is 0 Å². The third-order valence-electron chi connectivity index (χ3n) is 1.25. The number of hydrogen-bond acceptors (Lipinski definition) is 2. The Bertz CT molecular complexity index is 237. The summed E-state index contributed by atoms with van der Waals surface area (Å²) in [7, 11) is 0. The van der Waals surface area contributed by atoms with E-state index in [1.54, 1.807) is 13.0 Å². The summed E-state index contributed by atoms with van der Waals surface area (Å²) < 4.78 is 12.4. The van der Waals surface area contributed by atoms with Gasteiger partial charge in [-0.1, -0.05) is 0 Å². The van der Waals surface area contributed by atoms with Gasteiger partial charge in [-0.2, -0.15) is 4.39 Å². The van der Waals surface area contributed by atoms with Gasteiger partial charge in [0.1, 0.15) is 0 Å². The van der Waals surface area contributed by atoms with Gasteiger partial charge in [-0.05, 0) is 18.6 Å². The minimum absolute atomic E-state index is 0.0892. The molecule has 10 heavy (non-hydrogen) atoms. The minimum atomic E-state index is -0.475. The SMILES string of the molecule is Cc1cc(CO)cnc1F. The molecule has 1 N–H and O–H groups in total. The van der Waals surface area contributed by atoms with Crippen molar-refractivity contribution in [2.24, 2.45) is 0 Å². The van der Waals surface area contributed by atoms with Crippen LogP contribution in [-0.4, -0.2) is 10.1 Å². The second-order valence-corrected chi connectivity index (χ2v) is 2.11. The number of aromatic nitrogens is 1. The number of aryl methyl sites for hydroxylation is 1. The summed E-state index contributed by atoms with van der Waals surface area (Å²) in [4.78, 5) is 3.42. The second-order valence-electron chi connectivity index (χ2n) is 2.11. The number of rotatable bonds is 1. The van der Waals surface area contributed by atoms with Crippen molar-refractivity contribution in [2.45, 2.75) is 13.5 Å². The Labute approximate surface area is 58.3 Å². The molecule has 0 amide bonds. The second kappa shape index (κ2) is 2.75. The molecule has 0 saturated carbocycles. The number of hydrogen-bond donors (Lipinski definition) is 1. The van der Waals surface area contributed by atoms with Crippen molar-refractivity contribution in [1.29, 1.82) is 0 Å². The van der Waals surface area contributed by atoms with Crippen molar-refractivity contribution < 1.29 is 9.50 Å². The van der Waals surface area contributed by atoms with E-state index in [9.17, 15) is 4.39 Å². The number of pyridine rings is 1. The van der Waals surface area contributed by atoms with Gasteiger partial charge in [-0.15, -0.1) is 0 Å². The highest BCUT2D eigenvalue weighted by Crippen LogP contribution is 2.04. The van der Waals surface area contributed by atoms with E-state index in [-0.39, 0.29) is 6.61 Å². The van der Waals surface area contributed by atoms with Gasteiger partial charge in [-0.25, -0.2) is 4.98 Å². The maximum Gasteiger partial charge on any atom is 0.215 e. The zero-order valence-electron chi connectivity index (χ0n) is 5.63. The van der Waals surface area contributed by atoms with E-state index in [4.69, 9.17) is 5.11 Å². The minimum Gasteiger partial charge on any atom is -0.392 e. The molecule has 0 aliphatic rings. The van der Waals surface area contributed by atoms with E-state index in [1.165, 1.54) is 6.20 Å². The van der Waals surface area contributed by atoms with E-state index in [0.29, 0.717) is 11.1 Å². The van der Waals surface area contributed by atoms with Crippen LogP contribution < -0.4 is 0 Å². The first kappa shape index (κ1) is 7.15. The molecular formula is C7H8FNO. The molecule has 0 spiro atoms. The number of aliphatic hydroxyl groups is 1. The van der Waals surface area contributed by atoms with Gasteiger partial charge in [0.25, 0.3) is 0 Å². The Morgan fingerprint density at radius 3 is 2.90 bits per heavy atom. The maximum absolute atomic E-state index is 12.4. The van der Waals surface area contributed by atoms with Gasteiger partial charge >= 0.3 is 0 Å². The lowest BCUT2D eigenvalue weighted by molar-refractivity contribution is 0.281. The highest BCUT2D eigenvalue weighted by molar-refractivity contribution is 5.16. The molecule has 0 saturated heterocycles. The Kier molecular flexibility index (Phi) is 1.97.